The lowest BCUT2D eigenvalue weighted by atomic mass is 9.76. The van der Waals surface area contributed by atoms with E-state index in [9.17, 15) is 0 Å². The minimum absolute atomic E-state index is 0.0463. The molecular weight excluding hydrogens is 199 g/mol. The highest BCUT2D eigenvalue weighted by molar-refractivity contribution is 6.49. The molecule has 2 aliphatic rings. The maximum absolute atomic E-state index is 6.14. The first-order chi connectivity index (χ1) is 6.93. The van der Waals surface area contributed by atoms with E-state index in [4.69, 9.17) is 9.31 Å². The van der Waals surface area contributed by atoms with Gasteiger partial charge in [-0.25, -0.2) is 0 Å². The summed E-state index contributed by atoms with van der Waals surface area (Å²) in [4.78, 5) is 0. The minimum atomic E-state index is -0.202. The Kier molecular flexibility index (Phi) is 2.23. The first-order valence-corrected chi connectivity index (χ1v) is 6.29. The van der Waals surface area contributed by atoms with Crippen LogP contribution < -0.4 is 0 Å². The van der Waals surface area contributed by atoms with E-state index < -0.39 is 0 Å². The van der Waals surface area contributed by atoms with Crippen LogP contribution >= 0.6 is 0 Å². The zero-order chi connectivity index (χ0) is 12.6. The average Bonchev–Trinajstić information content (AvgIpc) is 2.26. The summed E-state index contributed by atoms with van der Waals surface area (Å²) in [6.07, 6.45) is 0. The van der Waals surface area contributed by atoms with Crippen molar-refractivity contribution in [3.8, 4) is 0 Å². The van der Waals surface area contributed by atoms with E-state index in [2.05, 4.69) is 55.4 Å². The van der Waals surface area contributed by atoms with Crippen LogP contribution in [0.25, 0.3) is 0 Å². The highest BCUT2D eigenvalue weighted by atomic mass is 16.7. The van der Waals surface area contributed by atoms with E-state index in [0.717, 1.165) is 0 Å². The molecule has 2 rings (SSSR count). The van der Waals surface area contributed by atoms with Gasteiger partial charge in [-0.3, -0.25) is 0 Å². The smallest absolute Gasteiger partial charge is 0.403 e. The first-order valence-electron chi connectivity index (χ1n) is 6.29. The van der Waals surface area contributed by atoms with Gasteiger partial charge >= 0.3 is 7.12 Å². The van der Waals surface area contributed by atoms with Crippen LogP contribution in [0.5, 0.6) is 0 Å². The van der Waals surface area contributed by atoms with E-state index in [1.807, 2.05) is 0 Å². The molecule has 1 saturated carbocycles. The van der Waals surface area contributed by atoms with Crippen molar-refractivity contribution in [2.75, 3.05) is 0 Å². The second-order valence-corrected chi connectivity index (χ2v) is 7.55. The highest BCUT2D eigenvalue weighted by Crippen LogP contribution is 2.75. The maximum atomic E-state index is 6.14. The fourth-order valence-electron chi connectivity index (χ4n) is 2.95. The summed E-state index contributed by atoms with van der Waals surface area (Å²) in [5.41, 5.74) is 0.223. The monoisotopic (exact) mass is 224 g/mol. The van der Waals surface area contributed by atoms with E-state index in [0.29, 0.717) is 16.6 Å². The molecule has 1 heterocycles. The van der Waals surface area contributed by atoms with Crippen LogP contribution in [0, 0.1) is 10.8 Å². The molecule has 3 heteroatoms. The second kappa shape index (κ2) is 2.86. The van der Waals surface area contributed by atoms with Crippen LogP contribution in [0.2, 0.25) is 5.82 Å². The molecular formula is C13H25BO2. The van der Waals surface area contributed by atoms with Crippen molar-refractivity contribution >= 4 is 7.12 Å². The molecule has 0 unspecified atom stereocenters. The van der Waals surface area contributed by atoms with Gasteiger partial charge in [0.1, 0.15) is 0 Å². The molecule has 0 bridgehead atoms. The molecule has 0 radical (unpaired) electrons. The van der Waals surface area contributed by atoms with Gasteiger partial charge in [-0.15, -0.1) is 0 Å². The summed E-state index contributed by atoms with van der Waals surface area (Å²) >= 11 is 0. The van der Waals surface area contributed by atoms with Gasteiger partial charge in [0, 0.05) is 5.82 Å². The van der Waals surface area contributed by atoms with E-state index >= 15 is 0 Å². The summed E-state index contributed by atoms with van der Waals surface area (Å²) in [5.74, 6) is 0.501. The van der Waals surface area contributed by atoms with Gasteiger partial charge in [-0.1, -0.05) is 27.7 Å². The lowest BCUT2D eigenvalue weighted by molar-refractivity contribution is 0.00578. The Bertz CT molecular complexity index is 288. The molecule has 2 nitrogen and oxygen atoms in total. The van der Waals surface area contributed by atoms with E-state index in [1.165, 1.54) is 0 Å². The molecule has 1 aliphatic heterocycles. The average molecular weight is 224 g/mol. The van der Waals surface area contributed by atoms with Crippen molar-refractivity contribution in [3.05, 3.63) is 0 Å². The van der Waals surface area contributed by atoms with Crippen molar-refractivity contribution < 1.29 is 9.31 Å². The summed E-state index contributed by atoms with van der Waals surface area (Å²) in [6, 6.07) is 0. The molecule has 0 aromatic rings. The Morgan fingerprint density at radius 3 is 1.25 bits per heavy atom. The quantitative estimate of drug-likeness (QED) is 0.634. The number of hydrogen-bond acceptors (Lipinski definition) is 2. The molecule has 2 fully saturated rings. The van der Waals surface area contributed by atoms with E-state index in [1.54, 1.807) is 0 Å². The Morgan fingerprint density at radius 1 is 0.688 bits per heavy atom. The van der Waals surface area contributed by atoms with Crippen LogP contribution in [-0.4, -0.2) is 18.3 Å². The standard InChI is InChI=1S/C13H25BO2/c1-10(2)9(11(10,3)4)14-15-12(5,6)13(7,8)16-14/h9H,1-8H3. The van der Waals surface area contributed by atoms with Gasteiger partial charge in [0.2, 0.25) is 0 Å². The Morgan fingerprint density at radius 2 is 1.00 bits per heavy atom. The Labute approximate surface area is 100 Å². The molecule has 0 N–H and O–H groups in total. The molecule has 0 spiro atoms. The van der Waals surface area contributed by atoms with Gasteiger partial charge in [0.05, 0.1) is 11.2 Å². The third-order valence-electron chi connectivity index (χ3n) is 5.68. The largest absolute Gasteiger partial charge is 0.462 e. The van der Waals surface area contributed by atoms with Crippen molar-refractivity contribution in [1.82, 2.24) is 0 Å². The van der Waals surface area contributed by atoms with E-state index in [-0.39, 0.29) is 18.3 Å². The van der Waals surface area contributed by atoms with Crippen LogP contribution in [0.4, 0.5) is 0 Å². The molecule has 0 aromatic heterocycles. The fourth-order valence-corrected chi connectivity index (χ4v) is 2.95. The molecule has 0 amide bonds. The third kappa shape index (κ3) is 1.34. The van der Waals surface area contributed by atoms with Crippen LogP contribution in [0.1, 0.15) is 55.4 Å². The first kappa shape index (κ1) is 12.4. The topological polar surface area (TPSA) is 18.5 Å². The lowest BCUT2D eigenvalue weighted by Crippen LogP contribution is -2.41. The summed E-state index contributed by atoms with van der Waals surface area (Å²) in [5, 5.41) is 0. The Hall–Kier alpha value is -0.0151. The summed E-state index contributed by atoms with van der Waals surface area (Å²) < 4.78 is 12.3. The minimum Gasteiger partial charge on any atom is -0.403 e. The maximum Gasteiger partial charge on any atom is 0.462 e. The molecule has 16 heavy (non-hydrogen) atoms. The van der Waals surface area contributed by atoms with Gasteiger partial charge in [-0.05, 0) is 38.5 Å². The predicted octanol–water partition coefficient (Wildman–Crippen LogP) is 3.51. The van der Waals surface area contributed by atoms with Crippen molar-refractivity contribution in [3.63, 3.8) is 0 Å². The van der Waals surface area contributed by atoms with Crippen molar-refractivity contribution in [2.45, 2.75) is 72.4 Å². The van der Waals surface area contributed by atoms with Gasteiger partial charge < -0.3 is 9.31 Å². The summed E-state index contributed by atoms with van der Waals surface area (Å²) in [7, 11) is -0.0463. The van der Waals surface area contributed by atoms with Crippen molar-refractivity contribution in [1.29, 1.82) is 0 Å². The van der Waals surface area contributed by atoms with Crippen molar-refractivity contribution in [2.24, 2.45) is 10.8 Å². The van der Waals surface area contributed by atoms with Crippen LogP contribution in [0.3, 0.4) is 0 Å². The molecule has 92 valence electrons. The number of rotatable bonds is 1. The number of hydrogen-bond donors (Lipinski definition) is 0. The normalized spacial score (nSPS) is 34.1. The molecule has 1 aliphatic carbocycles. The Balaban J connectivity index is 2.18. The molecule has 1 saturated heterocycles. The predicted molar refractivity (Wildman–Crippen MR) is 67.4 cm³/mol. The van der Waals surface area contributed by atoms with Gasteiger partial charge in [0.25, 0.3) is 0 Å². The highest BCUT2D eigenvalue weighted by Gasteiger charge is 2.73. The lowest BCUT2D eigenvalue weighted by Gasteiger charge is -2.32. The molecule has 0 atom stereocenters. The fraction of sp³-hybridized carbons (Fsp3) is 1.00. The van der Waals surface area contributed by atoms with Gasteiger partial charge in [-0.2, -0.15) is 0 Å². The molecule has 0 aromatic carbocycles. The van der Waals surface area contributed by atoms with Crippen LogP contribution in [0.15, 0.2) is 0 Å². The SMILES string of the molecule is CC1(C)OB(C2C(C)(C)C2(C)C)OC1(C)C. The summed E-state index contributed by atoms with van der Waals surface area (Å²) in [6.45, 7) is 17.7. The zero-order valence-electron chi connectivity index (χ0n) is 12.0. The van der Waals surface area contributed by atoms with Crippen LogP contribution in [-0.2, 0) is 9.31 Å². The third-order valence-corrected chi connectivity index (χ3v) is 5.68. The van der Waals surface area contributed by atoms with Gasteiger partial charge in [0.15, 0.2) is 0 Å². The second-order valence-electron chi connectivity index (χ2n) is 7.55. The zero-order valence-corrected chi connectivity index (χ0v) is 12.0.